The highest BCUT2D eigenvalue weighted by Gasteiger charge is 2.16. The van der Waals surface area contributed by atoms with Crippen LogP contribution in [0.1, 0.15) is 56.6 Å². The largest absolute Gasteiger partial charge is 0.496 e. The third kappa shape index (κ3) is 3.23. The molecule has 0 fully saturated rings. The number of methoxy groups -OCH3 is 1. The third-order valence-electron chi connectivity index (χ3n) is 3.03. The molecule has 0 aliphatic heterocycles. The summed E-state index contributed by atoms with van der Waals surface area (Å²) in [5.74, 6) is 1.24. The van der Waals surface area contributed by atoms with Crippen LogP contribution < -0.4 is 4.74 Å². The minimum atomic E-state index is -0.0614. The van der Waals surface area contributed by atoms with Gasteiger partial charge >= 0.3 is 0 Å². The minimum absolute atomic E-state index is 0.0614. The van der Waals surface area contributed by atoms with E-state index in [1.165, 1.54) is 5.56 Å². The van der Waals surface area contributed by atoms with E-state index in [1.54, 1.807) is 7.11 Å². The SMILES string of the molecule is CCCC(C#N)c1cc(C(C)C)ccc1OC. The summed E-state index contributed by atoms with van der Waals surface area (Å²) in [4.78, 5) is 0. The zero-order valence-corrected chi connectivity index (χ0v) is 11.2. The Labute approximate surface area is 104 Å². The zero-order chi connectivity index (χ0) is 12.8. The van der Waals surface area contributed by atoms with Crippen molar-refractivity contribution in [2.24, 2.45) is 0 Å². The van der Waals surface area contributed by atoms with Gasteiger partial charge in [-0.2, -0.15) is 5.26 Å². The summed E-state index contributed by atoms with van der Waals surface area (Å²) < 4.78 is 5.36. The zero-order valence-electron chi connectivity index (χ0n) is 11.2. The van der Waals surface area contributed by atoms with Crippen LogP contribution in [-0.4, -0.2) is 7.11 Å². The number of benzene rings is 1. The number of ether oxygens (including phenoxy) is 1. The molecule has 0 spiro atoms. The lowest BCUT2D eigenvalue weighted by Crippen LogP contribution is -2.01. The summed E-state index contributed by atoms with van der Waals surface area (Å²) in [7, 11) is 1.66. The fraction of sp³-hybridized carbons (Fsp3) is 0.533. The van der Waals surface area contributed by atoms with Gasteiger partial charge in [-0.25, -0.2) is 0 Å². The summed E-state index contributed by atoms with van der Waals surface area (Å²) in [5, 5.41) is 9.25. The van der Waals surface area contributed by atoms with E-state index >= 15 is 0 Å². The smallest absolute Gasteiger partial charge is 0.123 e. The highest BCUT2D eigenvalue weighted by atomic mass is 16.5. The molecule has 1 rings (SSSR count). The second kappa shape index (κ2) is 6.30. The number of rotatable bonds is 5. The Morgan fingerprint density at radius 2 is 2.06 bits per heavy atom. The number of hydrogen-bond donors (Lipinski definition) is 0. The lowest BCUT2D eigenvalue weighted by molar-refractivity contribution is 0.407. The Bertz CT molecular complexity index is 404. The van der Waals surface area contributed by atoms with Crippen molar-refractivity contribution < 1.29 is 4.74 Å². The van der Waals surface area contributed by atoms with Crippen molar-refractivity contribution >= 4 is 0 Å². The molecule has 0 aliphatic carbocycles. The van der Waals surface area contributed by atoms with Gasteiger partial charge in [-0.15, -0.1) is 0 Å². The first-order valence-electron chi connectivity index (χ1n) is 6.21. The van der Waals surface area contributed by atoms with Crippen molar-refractivity contribution in [3.8, 4) is 11.8 Å². The van der Waals surface area contributed by atoms with Crippen LogP contribution in [0, 0.1) is 11.3 Å². The summed E-state index contributed by atoms with van der Waals surface area (Å²) in [5.41, 5.74) is 2.29. The van der Waals surface area contributed by atoms with E-state index in [1.807, 2.05) is 6.07 Å². The molecule has 92 valence electrons. The van der Waals surface area contributed by atoms with Crippen molar-refractivity contribution in [1.82, 2.24) is 0 Å². The Kier molecular flexibility index (Phi) is 5.03. The van der Waals surface area contributed by atoms with Gasteiger partial charge in [0.1, 0.15) is 5.75 Å². The fourth-order valence-electron chi connectivity index (χ4n) is 1.96. The molecule has 17 heavy (non-hydrogen) atoms. The fourth-order valence-corrected chi connectivity index (χ4v) is 1.96. The van der Waals surface area contributed by atoms with Crippen LogP contribution in [-0.2, 0) is 0 Å². The second-order valence-corrected chi connectivity index (χ2v) is 4.63. The van der Waals surface area contributed by atoms with Gasteiger partial charge in [-0.3, -0.25) is 0 Å². The van der Waals surface area contributed by atoms with Crippen molar-refractivity contribution in [3.63, 3.8) is 0 Å². The quantitative estimate of drug-likeness (QED) is 0.759. The molecule has 0 N–H and O–H groups in total. The molecule has 2 nitrogen and oxygen atoms in total. The van der Waals surface area contributed by atoms with Crippen LogP contribution >= 0.6 is 0 Å². The highest BCUT2D eigenvalue weighted by molar-refractivity contribution is 5.42. The van der Waals surface area contributed by atoms with Crippen LogP contribution in [0.2, 0.25) is 0 Å². The van der Waals surface area contributed by atoms with E-state index in [2.05, 4.69) is 39.0 Å². The van der Waals surface area contributed by atoms with Crippen molar-refractivity contribution in [2.45, 2.75) is 45.4 Å². The molecule has 1 unspecified atom stereocenters. The topological polar surface area (TPSA) is 33.0 Å². The lowest BCUT2D eigenvalue weighted by atomic mass is 9.91. The number of nitrogens with zero attached hydrogens (tertiary/aromatic N) is 1. The standard InChI is InChI=1S/C15H21NO/c1-5-6-13(10-16)14-9-12(11(2)3)7-8-15(14)17-4/h7-9,11,13H,5-6H2,1-4H3. The second-order valence-electron chi connectivity index (χ2n) is 4.63. The molecule has 0 amide bonds. The van der Waals surface area contributed by atoms with Gasteiger partial charge in [0.25, 0.3) is 0 Å². The van der Waals surface area contributed by atoms with Crippen LogP contribution in [0.3, 0.4) is 0 Å². The Hall–Kier alpha value is -1.49. The maximum atomic E-state index is 9.25. The van der Waals surface area contributed by atoms with E-state index in [0.29, 0.717) is 5.92 Å². The van der Waals surface area contributed by atoms with Gasteiger partial charge in [0, 0.05) is 5.56 Å². The maximum Gasteiger partial charge on any atom is 0.123 e. The van der Waals surface area contributed by atoms with Crippen LogP contribution in [0.25, 0.3) is 0 Å². The van der Waals surface area contributed by atoms with Crippen molar-refractivity contribution in [1.29, 1.82) is 5.26 Å². The Balaban J connectivity index is 3.17. The number of nitriles is 1. The minimum Gasteiger partial charge on any atom is -0.496 e. The van der Waals surface area contributed by atoms with Gasteiger partial charge < -0.3 is 4.74 Å². The summed E-state index contributed by atoms with van der Waals surface area (Å²) in [6, 6.07) is 8.55. The molecular weight excluding hydrogens is 210 g/mol. The van der Waals surface area contributed by atoms with Crippen LogP contribution in [0.4, 0.5) is 0 Å². The van der Waals surface area contributed by atoms with E-state index in [0.717, 1.165) is 24.2 Å². The van der Waals surface area contributed by atoms with Gasteiger partial charge in [-0.05, 0) is 24.0 Å². The lowest BCUT2D eigenvalue weighted by Gasteiger charge is -2.16. The molecule has 0 saturated carbocycles. The highest BCUT2D eigenvalue weighted by Crippen LogP contribution is 2.32. The van der Waals surface area contributed by atoms with E-state index in [9.17, 15) is 5.26 Å². The predicted octanol–water partition coefficient (Wildman–Crippen LogP) is 4.23. The Morgan fingerprint density at radius 3 is 2.53 bits per heavy atom. The molecule has 0 saturated heterocycles. The molecule has 0 heterocycles. The first-order valence-corrected chi connectivity index (χ1v) is 6.21. The first-order chi connectivity index (χ1) is 8.13. The Morgan fingerprint density at radius 1 is 1.35 bits per heavy atom. The van der Waals surface area contributed by atoms with Crippen LogP contribution in [0.5, 0.6) is 5.75 Å². The van der Waals surface area contributed by atoms with Gasteiger partial charge in [-0.1, -0.05) is 39.3 Å². The van der Waals surface area contributed by atoms with Crippen LogP contribution in [0.15, 0.2) is 18.2 Å². The van der Waals surface area contributed by atoms with Gasteiger partial charge in [0.2, 0.25) is 0 Å². The first kappa shape index (κ1) is 13.6. The third-order valence-corrected chi connectivity index (χ3v) is 3.03. The normalized spacial score (nSPS) is 12.2. The summed E-state index contributed by atoms with van der Waals surface area (Å²) >= 11 is 0. The molecule has 0 aliphatic rings. The summed E-state index contributed by atoms with van der Waals surface area (Å²) in [6.07, 6.45) is 1.89. The average Bonchev–Trinajstić information content (AvgIpc) is 2.35. The monoisotopic (exact) mass is 231 g/mol. The molecule has 1 aromatic carbocycles. The molecule has 0 bridgehead atoms. The molecule has 1 aromatic rings. The molecule has 1 atom stereocenters. The molecule has 0 aromatic heterocycles. The molecule has 2 heteroatoms. The van der Waals surface area contributed by atoms with Crippen molar-refractivity contribution in [3.05, 3.63) is 29.3 Å². The van der Waals surface area contributed by atoms with E-state index < -0.39 is 0 Å². The van der Waals surface area contributed by atoms with Crippen molar-refractivity contribution in [2.75, 3.05) is 7.11 Å². The van der Waals surface area contributed by atoms with Gasteiger partial charge in [0.15, 0.2) is 0 Å². The summed E-state index contributed by atoms with van der Waals surface area (Å²) in [6.45, 7) is 6.42. The maximum absolute atomic E-state index is 9.25. The molecular formula is C15H21NO. The van der Waals surface area contributed by atoms with E-state index in [-0.39, 0.29) is 5.92 Å². The molecule has 0 radical (unpaired) electrons. The average molecular weight is 231 g/mol. The van der Waals surface area contributed by atoms with Gasteiger partial charge in [0.05, 0.1) is 19.1 Å². The van der Waals surface area contributed by atoms with E-state index in [4.69, 9.17) is 4.74 Å². The predicted molar refractivity (Wildman–Crippen MR) is 70.3 cm³/mol. The number of hydrogen-bond acceptors (Lipinski definition) is 2.